The zero-order valence-corrected chi connectivity index (χ0v) is 32.7. The third kappa shape index (κ3) is 18.4. The first-order chi connectivity index (χ1) is 28.4. The summed E-state index contributed by atoms with van der Waals surface area (Å²) >= 11 is 0. The predicted molar refractivity (Wildman–Crippen MR) is 215 cm³/mol. The van der Waals surface area contributed by atoms with Crippen LogP contribution in [0.15, 0.2) is 54.6 Å². The minimum absolute atomic E-state index is 0.00515. The van der Waals surface area contributed by atoms with Crippen LogP contribution in [0.3, 0.4) is 0 Å². The number of carbonyl (C=O) groups excluding carboxylic acids is 3. The second-order valence-electron chi connectivity index (χ2n) is 11.6. The summed E-state index contributed by atoms with van der Waals surface area (Å²) in [4.78, 5) is 65.6. The number of nitrogens with zero attached hydrogens (tertiary/aromatic N) is 3. The van der Waals surface area contributed by atoms with Crippen molar-refractivity contribution in [3.05, 3.63) is 102 Å². The maximum atomic E-state index is 11.9. The third-order valence-electron chi connectivity index (χ3n) is 7.44. The summed E-state index contributed by atoms with van der Waals surface area (Å²) in [6.45, 7) is 8.73. The Morgan fingerprint density at radius 2 is 1.02 bits per heavy atom. The first-order valence-electron chi connectivity index (χ1n) is 17.9. The minimum atomic E-state index is -2.02. The summed E-state index contributed by atoms with van der Waals surface area (Å²) in [7, 11) is -5.71. The molecule has 9 N–H and O–H groups in total. The Labute approximate surface area is 343 Å². The van der Waals surface area contributed by atoms with Crippen LogP contribution in [0.4, 0.5) is 17.1 Å². The van der Waals surface area contributed by atoms with Crippen molar-refractivity contribution < 1.29 is 73.5 Å². The van der Waals surface area contributed by atoms with Crippen molar-refractivity contribution in [2.24, 2.45) is 0 Å². The molecule has 324 valence electrons. The van der Waals surface area contributed by atoms with Crippen LogP contribution < -0.4 is 32.3 Å². The molecule has 60 heavy (non-hydrogen) atoms. The van der Waals surface area contributed by atoms with E-state index in [0.29, 0.717) is 46.2 Å². The number of non-ortho nitro benzene ring substituents is 1. The van der Waals surface area contributed by atoms with Gasteiger partial charge in [0.25, 0.3) is 34.8 Å². The summed E-state index contributed by atoms with van der Waals surface area (Å²) in [5.74, 6) is -1.68. The second-order valence-corrected chi connectivity index (χ2v) is 11.6. The molecule has 0 radical (unpaired) electrons. The van der Waals surface area contributed by atoms with Gasteiger partial charge in [-0.1, -0.05) is 6.07 Å². The zero-order valence-electron chi connectivity index (χ0n) is 32.7. The number of benzene rings is 3. The van der Waals surface area contributed by atoms with E-state index in [0.717, 1.165) is 36.4 Å². The molecule has 0 heterocycles. The first kappa shape index (κ1) is 52.1. The smallest absolute Gasteiger partial charge is 0.423 e. The standard InChI is InChI=1S/3C11H15BN2O6/c1-2-20-4-3-13-11(15)8-5-9(12(16)17)7-10(6-8)14(18)19;1-2-20-6-5-13-11(15)9-7-8(12(16)17)3-4-10(9)14(18)19;1-2-20-6-5-13-11(15)8-3-4-10(14(18)19)9(7-8)12(16)17/h5-7,16-17H,2-4H2,1H3,(H,13,15);2*3-4,7,16-17H,2,5-6H2,1H3,(H,13,15). The van der Waals surface area contributed by atoms with E-state index < -0.39 is 65.2 Å². The van der Waals surface area contributed by atoms with Gasteiger partial charge < -0.3 is 60.3 Å². The van der Waals surface area contributed by atoms with Gasteiger partial charge in [-0.25, -0.2) is 0 Å². The van der Waals surface area contributed by atoms with Crippen LogP contribution in [0.25, 0.3) is 0 Å². The highest BCUT2D eigenvalue weighted by molar-refractivity contribution is 6.60. The molecule has 0 aromatic heterocycles. The number of nitro benzene ring substituents is 3. The van der Waals surface area contributed by atoms with Crippen LogP contribution in [-0.4, -0.2) is 143 Å². The summed E-state index contributed by atoms with van der Waals surface area (Å²) in [5, 5.41) is 94.3. The largest absolute Gasteiger partial charge is 0.495 e. The number of nitro groups is 3. The molecule has 0 saturated carbocycles. The fourth-order valence-corrected chi connectivity index (χ4v) is 4.59. The third-order valence-corrected chi connectivity index (χ3v) is 7.44. The molecule has 0 aliphatic heterocycles. The van der Waals surface area contributed by atoms with Crippen LogP contribution in [0, 0.1) is 30.3 Å². The van der Waals surface area contributed by atoms with E-state index in [-0.39, 0.29) is 51.9 Å². The quantitative estimate of drug-likeness (QED) is 0.0225. The molecule has 0 aliphatic rings. The van der Waals surface area contributed by atoms with Crippen LogP contribution in [0.2, 0.25) is 0 Å². The second kappa shape index (κ2) is 27.7. The maximum absolute atomic E-state index is 11.9. The molecule has 0 aliphatic carbocycles. The Balaban J connectivity index is 0.000000450. The van der Waals surface area contributed by atoms with E-state index in [4.69, 9.17) is 44.4 Å². The van der Waals surface area contributed by atoms with E-state index in [1.807, 2.05) is 13.8 Å². The van der Waals surface area contributed by atoms with Crippen molar-refractivity contribution in [3.8, 4) is 0 Å². The van der Waals surface area contributed by atoms with E-state index >= 15 is 0 Å². The average Bonchev–Trinajstić information content (AvgIpc) is 3.22. The van der Waals surface area contributed by atoms with Gasteiger partial charge in [-0.3, -0.25) is 44.7 Å². The normalized spacial score (nSPS) is 10.2. The predicted octanol–water partition coefficient (Wildman–Crippen LogP) is -2.88. The van der Waals surface area contributed by atoms with Gasteiger partial charge in [0.05, 0.1) is 40.1 Å². The van der Waals surface area contributed by atoms with Crippen LogP contribution >= 0.6 is 0 Å². The van der Waals surface area contributed by atoms with Crippen molar-refractivity contribution in [3.63, 3.8) is 0 Å². The molecule has 0 bridgehead atoms. The van der Waals surface area contributed by atoms with Gasteiger partial charge in [0.15, 0.2) is 0 Å². The van der Waals surface area contributed by atoms with Gasteiger partial charge in [0, 0.05) is 74.8 Å². The molecule has 0 fully saturated rings. The summed E-state index contributed by atoms with van der Waals surface area (Å²) in [6.07, 6.45) is 0. The summed E-state index contributed by atoms with van der Waals surface area (Å²) in [6, 6.07) is 9.98. The highest BCUT2D eigenvalue weighted by Crippen LogP contribution is 2.17. The Bertz CT molecular complexity index is 1910. The van der Waals surface area contributed by atoms with Gasteiger partial charge in [-0.2, -0.15) is 0 Å². The molecular weight excluding hydrogens is 801 g/mol. The van der Waals surface area contributed by atoms with E-state index in [9.17, 15) is 44.7 Å². The number of amides is 3. The molecule has 24 nitrogen and oxygen atoms in total. The molecule has 3 amide bonds. The van der Waals surface area contributed by atoms with Gasteiger partial charge in [-0.15, -0.1) is 0 Å². The number of hydrogen-bond donors (Lipinski definition) is 9. The molecular formula is C33H45B3N6O18. The van der Waals surface area contributed by atoms with Crippen molar-refractivity contribution in [2.45, 2.75) is 20.8 Å². The molecule has 3 rings (SSSR count). The van der Waals surface area contributed by atoms with Gasteiger partial charge in [0.2, 0.25) is 0 Å². The molecule has 0 saturated heterocycles. The van der Waals surface area contributed by atoms with Crippen LogP contribution in [0.5, 0.6) is 0 Å². The van der Waals surface area contributed by atoms with Crippen molar-refractivity contribution in [2.75, 3.05) is 59.3 Å². The Morgan fingerprint density at radius 1 is 0.550 bits per heavy atom. The maximum Gasteiger partial charge on any atom is 0.495 e. The molecule has 0 unspecified atom stereocenters. The minimum Gasteiger partial charge on any atom is -0.423 e. The lowest BCUT2D eigenvalue weighted by Gasteiger charge is -2.07. The molecule has 27 heteroatoms. The first-order valence-corrected chi connectivity index (χ1v) is 17.9. The Morgan fingerprint density at radius 3 is 1.45 bits per heavy atom. The number of ether oxygens (including phenoxy) is 3. The van der Waals surface area contributed by atoms with E-state index in [2.05, 4.69) is 16.0 Å². The zero-order chi connectivity index (χ0) is 45.4. The number of carbonyl (C=O) groups is 3. The van der Waals surface area contributed by atoms with E-state index in [1.54, 1.807) is 6.92 Å². The van der Waals surface area contributed by atoms with Crippen molar-refractivity contribution in [1.82, 2.24) is 16.0 Å². The Kier molecular flexibility index (Phi) is 24.1. The van der Waals surface area contributed by atoms with Crippen molar-refractivity contribution >= 4 is 72.5 Å². The number of nitrogens with one attached hydrogen (secondary N) is 3. The summed E-state index contributed by atoms with van der Waals surface area (Å²) in [5.41, 5.74) is -1.81. The Hall–Kier alpha value is -5.90. The monoisotopic (exact) mass is 846 g/mol. The van der Waals surface area contributed by atoms with Crippen LogP contribution in [0.1, 0.15) is 51.8 Å². The summed E-state index contributed by atoms with van der Waals surface area (Å²) < 4.78 is 15.1. The number of hydrogen-bond acceptors (Lipinski definition) is 18. The molecule has 3 aromatic carbocycles. The lowest BCUT2D eigenvalue weighted by atomic mass is 9.78. The van der Waals surface area contributed by atoms with Gasteiger partial charge in [-0.05, 0) is 56.0 Å². The molecule has 0 atom stereocenters. The number of rotatable bonds is 21. The van der Waals surface area contributed by atoms with Gasteiger partial charge in [0.1, 0.15) is 5.56 Å². The van der Waals surface area contributed by atoms with Gasteiger partial charge >= 0.3 is 21.4 Å². The SMILES string of the molecule is CCOCCNC(=O)c1cc(B(O)O)cc([N+](=O)[O-])c1.CCOCCNC(=O)c1cc(B(O)O)ccc1[N+](=O)[O-].CCOCCNC(=O)c1ccc([N+](=O)[O-])c(B(O)O)c1. The van der Waals surface area contributed by atoms with Crippen molar-refractivity contribution in [1.29, 1.82) is 0 Å². The fraction of sp³-hybridized carbons (Fsp3) is 0.364. The topological polar surface area (TPSA) is 366 Å². The lowest BCUT2D eigenvalue weighted by molar-refractivity contribution is -0.385. The average molecular weight is 846 g/mol. The molecule has 3 aromatic rings. The highest BCUT2D eigenvalue weighted by atomic mass is 16.6. The lowest BCUT2D eigenvalue weighted by Crippen LogP contribution is -2.34. The fourth-order valence-electron chi connectivity index (χ4n) is 4.59. The van der Waals surface area contributed by atoms with Crippen LogP contribution in [-0.2, 0) is 14.2 Å². The van der Waals surface area contributed by atoms with E-state index in [1.165, 1.54) is 18.2 Å². The molecule has 0 spiro atoms. The highest BCUT2D eigenvalue weighted by Gasteiger charge is 2.26.